The zero-order valence-electron chi connectivity index (χ0n) is 13.8. The van der Waals surface area contributed by atoms with Crippen molar-refractivity contribution in [2.75, 3.05) is 39.9 Å². The highest BCUT2D eigenvalue weighted by molar-refractivity contribution is 5.86. The summed E-state index contributed by atoms with van der Waals surface area (Å²) in [7, 11) is 1.73. The Balaban J connectivity index is 0.00000220. The standard InChI is InChI=1S/C15H29N3O2.2ClH/c1-13-12-18(9-8-17(13)10-11-20-2)14(19)15(16)6-4-3-5-7-15;;/h13H,3-12,16H2,1-2H3;2*1H. The van der Waals surface area contributed by atoms with Crippen LogP contribution in [-0.2, 0) is 9.53 Å². The third-order valence-corrected chi connectivity index (χ3v) is 4.81. The van der Waals surface area contributed by atoms with E-state index in [-0.39, 0.29) is 30.7 Å². The summed E-state index contributed by atoms with van der Waals surface area (Å²) in [5.74, 6) is 0.176. The van der Waals surface area contributed by atoms with Crippen molar-refractivity contribution in [2.45, 2.75) is 50.6 Å². The Hall–Kier alpha value is -0.0700. The van der Waals surface area contributed by atoms with E-state index in [1.807, 2.05) is 4.90 Å². The fraction of sp³-hybridized carbons (Fsp3) is 0.933. The lowest BCUT2D eigenvalue weighted by Crippen LogP contribution is -2.62. The van der Waals surface area contributed by atoms with Crippen LogP contribution in [0.4, 0.5) is 0 Å². The van der Waals surface area contributed by atoms with Crippen LogP contribution in [-0.4, -0.2) is 67.2 Å². The minimum atomic E-state index is -0.591. The smallest absolute Gasteiger partial charge is 0.242 e. The van der Waals surface area contributed by atoms with Gasteiger partial charge in [0.25, 0.3) is 0 Å². The fourth-order valence-corrected chi connectivity index (χ4v) is 3.43. The van der Waals surface area contributed by atoms with Crippen molar-refractivity contribution in [2.24, 2.45) is 5.73 Å². The summed E-state index contributed by atoms with van der Waals surface area (Å²) >= 11 is 0. The Morgan fingerprint density at radius 3 is 2.41 bits per heavy atom. The third kappa shape index (κ3) is 5.24. The average molecular weight is 356 g/mol. The Morgan fingerprint density at radius 2 is 1.86 bits per heavy atom. The third-order valence-electron chi connectivity index (χ3n) is 4.81. The van der Waals surface area contributed by atoms with Crippen LogP contribution >= 0.6 is 24.8 Å². The van der Waals surface area contributed by atoms with E-state index in [0.29, 0.717) is 6.04 Å². The molecule has 0 aromatic rings. The Morgan fingerprint density at radius 1 is 1.23 bits per heavy atom. The van der Waals surface area contributed by atoms with E-state index in [0.717, 1.165) is 58.5 Å². The second kappa shape index (κ2) is 9.93. The first-order valence-electron chi connectivity index (χ1n) is 7.88. The van der Waals surface area contributed by atoms with Crippen molar-refractivity contribution in [3.05, 3.63) is 0 Å². The van der Waals surface area contributed by atoms with Crippen molar-refractivity contribution in [1.82, 2.24) is 9.80 Å². The molecule has 0 aromatic heterocycles. The maximum atomic E-state index is 12.7. The predicted molar refractivity (Wildman–Crippen MR) is 94.0 cm³/mol. The molecule has 1 heterocycles. The van der Waals surface area contributed by atoms with Crippen LogP contribution in [0.5, 0.6) is 0 Å². The van der Waals surface area contributed by atoms with Crippen molar-refractivity contribution >= 4 is 30.7 Å². The number of ether oxygens (including phenoxy) is 1. The first kappa shape index (κ1) is 21.9. The van der Waals surface area contributed by atoms with Crippen LogP contribution < -0.4 is 5.73 Å². The quantitative estimate of drug-likeness (QED) is 0.833. The largest absolute Gasteiger partial charge is 0.383 e. The molecule has 0 aromatic carbocycles. The molecule has 132 valence electrons. The number of nitrogens with two attached hydrogens (primary N) is 1. The van der Waals surface area contributed by atoms with Gasteiger partial charge in [0.1, 0.15) is 0 Å². The normalized spacial score (nSPS) is 25.0. The number of piperazine rings is 1. The van der Waals surface area contributed by atoms with Gasteiger partial charge in [-0.05, 0) is 19.8 Å². The number of halogens is 2. The minimum Gasteiger partial charge on any atom is -0.383 e. The van der Waals surface area contributed by atoms with E-state index in [1.165, 1.54) is 6.42 Å². The number of hydrogen-bond acceptors (Lipinski definition) is 4. The van der Waals surface area contributed by atoms with Crippen molar-refractivity contribution < 1.29 is 9.53 Å². The summed E-state index contributed by atoms with van der Waals surface area (Å²) in [5.41, 5.74) is 5.78. The van der Waals surface area contributed by atoms with Crippen LogP contribution in [0.1, 0.15) is 39.0 Å². The maximum Gasteiger partial charge on any atom is 0.242 e. The molecule has 1 atom stereocenters. The highest BCUT2D eigenvalue weighted by Crippen LogP contribution is 2.28. The van der Waals surface area contributed by atoms with Crippen molar-refractivity contribution in [3.63, 3.8) is 0 Å². The summed E-state index contributed by atoms with van der Waals surface area (Å²) in [4.78, 5) is 17.1. The van der Waals surface area contributed by atoms with Gasteiger partial charge < -0.3 is 15.4 Å². The lowest BCUT2D eigenvalue weighted by atomic mass is 9.81. The fourth-order valence-electron chi connectivity index (χ4n) is 3.43. The summed E-state index contributed by atoms with van der Waals surface area (Å²) in [6.07, 6.45) is 5.10. The van der Waals surface area contributed by atoms with Crippen LogP contribution in [0.25, 0.3) is 0 Å². The van der Waals surface area contributed by atoms with Crippen molar-refractivity contribution in [3.8, 4) is 0 Å². The molecule has 5 nitrogen and oxygen atoms in total. The first-order chi connectivity index (χ1) is 9.57. The molecule has 22 heavy (non-hydrogen) atoms. The van der Waals surface area contributed by atoms with E-state index in [2.05, 4.69) is 11.8 Å². The van der Waals surface area contributed by atoms with Crippen LogP contribution in [0.15, 0.2) is 0 Å². The van der Waals surface area contributed by atoms with E-state index in [1.54, 1.807) is 7.11 Å². The number of methoxy groups -OCH3 is 1. The molecule has 2 aliphatic rings. The summed E-state index contributed by atoms with van der Waals surface area (Å²) in [6.45, 7) is 6.38. The zero-order valence-corrected chi connectivity index (χ0v) is 15.4. The van der Waals surface area contributed by atoms with Crippen LogP contribution in [0.3, 0.4) is 0 Å². The minimum absolute atomic E-state index is 0. The Bertz CT molecular complexity index is 339. The molecule has 0 spiro atoms. The molecule has 1 saturated heterocycles. The number of rotatable bonds is 4. The summed E-state index contributed by atoms with van der Waals surface area (Å²) < 4.78 is 5.14. The number of nitrogens with zero attached hydrogens (tertiary/aromatic N) is 2. The van der Waals surface area contributed by atoms with E-state index in [9.17, 15) is 4.79 Å². The van der Waals surface area contributed by atoms with Gasteiger partial charge in [-0.1, -0.05) is 19.3 Å². The van der Waals surface area contributed by atoms with Gasteiger partial charge in [0.2, 0.25) is 5.91 Å². The van der Waals surface area contributed by atoms with Crippen LogP contribution in [0, 0.1) is 0 Å². The predicted octanol–water partition coefficient (Wildman–Crippen LogP) is 1.67. The highest BCUT2D eigenvalue weighted by atomic mass is 35.5. The van der Waals surface area contributed by atoms with Gasteiger partial charge in [-0.3, -0.25) is 9.69 Å². The molecule has 1 saturated carbocycles. The van der Waals surface area contributed by atoms with Gasteiger partial charge in [0.05, 0.1) is 12.1 Å². The highest BCUT2D eigenvalue weighted by Gasteiger charge is 2.40. The van der Waals surface area contributed by atoms with Crippen molar-refractivity contribution in [1.29, 1.82) is 0 Å². The average Bonchev–Trinajstić information content (AvgIpc) is 2.46. The van der Waals surface area contributed by atoms with Crippen LogP contribution in [0.2, 0.25) is 0 Å². The number of carbonyl (C=O) groups excluding carboxylic acids is 1. The second-order valence-corrected chi connectivity index (χ2v) is 6.35. The number of carbonyl (C=O) groups is 1. The Labute approximate surface area is 146 Å². The molecule has 2 rings (SSSR count). The zero-order chi connectivity index (χ0) is 14.6. The SMILES string of the molecule is COCCN1CCN(C(=O)C2(N)CCCCC2)CC1C.Cl.Cl. The molecule has 1 unspecified atom stereocenters. The van der Waals surface area contributed by atoms with Gasteiger partial charge >= 0.3 is 0 Å². The van der Waals surface area contributed by atoms with Gasteiger partial charge in [0, 0.05) is 39.3 Å². The number of amides is 1. The van der Waals surface area contributed by atoms with E-state index < -0.39 is 5.54 Å². The molecule has 1 amide bonds. The van der Waals surface area contributed by atoms with Gasteiger partial charge in [0.15, 0.2) is 0 Å². The maximum absolute atomic E-state index is 12.7. The molecule has 0 bridgehead atoms. The lowest BCUT2D eigenvalue weighted by molar-refractivity contribution is -0.141. The Kier molecular flexibility index (Phi) is 9.90. The summed E-state index contributed by atoms with van der Waals surface area (Å²) in [6, 6.07) is 0.384. The molecule has 2 N–H and O–H groups in total. The second-order valence-electron chi connectivity index (χ2n) is 6.35. The van der Waals surface area contributed by atoms with E-state index in [4.69, 9.17) is 10.5 Å². The molecule has 1 aliphatic heterocycles. The molecule has 2 fully saturated rings. The molecular weight excluding hydrogens is 325 g/mol. The van der Waals surface area contributed by atoms with E-state index >= 15 is 0 Å². The topological polar surface area (TPSA) is 58.8 Å². The molecule has 0 radical (unpaired) electrons. The lowest BCUT2D eigenvalue weighted by Gasteiger charge is -2.43. The molecular formula is C15H31Cl2N3O2. The summed E-state index contributed by atoms with van der Waals surface area (Å²) in [5, 5.41) is 0. The van der Waals surface area contributed by atoms with Gasteiger partial charge in [-0.2, -0.15) is 0 Å². The monoisotopic (exact) mass is 355 g/mol. The van der Waals surface area contributed by atoms with Gasteiger partial charge in [-0.25, -0.2) is 0 Å². The molecule has 1 aliphatic carbocycles. The van der Waals surface area contributed by atoms with Gasteiger partial charge in [-0.15, -0.1) is 24.8 Å². The first-order valence-corrected chi connectivity index (χ1v) is 7.88. The molecule has 7 heteroatoms. The number of hydrogen-bond donors (Lipinski definition) is 1.